The number of hydrogen-bond acceptors (Lipinski definition) is 2. The quantitative estimate of drug-likeness (QED) is 0.868. The highest BCUT2D eigenvalue weighted by Gasteiger charge is 2.28. The van der Waals surface area contributed by atoms with Gasteiger partial charge >= 0.3 is 0 Å². The molecular formula is C18H22N2OS. The number of aliphatic hydroxyl groups is 1. The Kier molecular flexibility index (Phi) is 4.50. The third-order valence-corrected chi connectivity index (χ3v) is 7.06. The minimum Gasteiger partial charge on any atom is -0.392 e. The average molecular weight is 314 g/mol. The van der Waals surface area contributed by atoms with Crippen LogP contribution in [0.15, 0.2) is 65.9 Å². The van der Waals surface area contributed by atoms with Crippen LogP contribution in [0, 0.1) is 0 Å². The van der Waals surface area contributed by atoms with E-state index in [-0.39, 0.29) is 6.10 Å². The molecule has 4 heteroatoms. The molecule has 1 aromatic carbocycles. The standard InChI is InChI=1S/C18H22N2OS/c1-2-6-18(21)14-22(20-11-10-19-15-20)12-9-17(13-22)16-7-4-3-5-8-16/h3-5,7-13,15,18,21H,2,6,14H2,1H3. The molecule has 0 fully saturated rings. The van der Waals surface area contributed by atoms with E-state index < -0.39 is 10.2 Å². The number of rotatable bonds is 6. The molecule has 0 amide bonds. The molecule has 1 aliphatic heterocycles. The van der Waals surface area contributed by atoms with Crippen LogP contribution in [0.25, 0.3) is 5.57 Å². The van der Waals surface area contributed by atoms with Gasteiger partial charge in [-0.05, 0) is 34.4 Å². The van der Waals surface area contributed by atoms with E-state index in [0.29, 0.717) is 0 Å². The fourth-order valence-corrected chi connectivity index (χ4v) is 5.83. The highest BCUT2D eigenvalue weighted by Crippen LogP contribution is 2.58. The second-order valence-corrected chi connectivity index (χ2v) is 8.46. The summed E-state index contributed by atoms with van der Waals surface area (Å²) in [5, 5.41) is 14.9. The molecule has 2 aromatic rings. The maximum absolute atomic E-state index is 10.4. The van der Waals surface area contributed by atoms with Crippen LogP contribution in [0.1, 0.15) is 25.3 Å². The van der Waals surface area contributed by atoms with Crippen LogP contribution in [0.4, 0.5) is 0 Å². The number of aromatic nitrogens is 2. The Morgan fingerprint density at radius 2 is 2.09 bits per heavy atom. The Labute approximate surface area is 133 Å². The van der Waals surface area contributed by atoms with Crippen LogP contribution in [-0.4, -0.2) is 25.9 Å². The number of allylic oxidation sites excluding steroid dienone is 2. The highest BCUT2D eigenvalue weighted by molar-refractivity contribution is 8.37. The minimum absolute atomic E-state index is 0.279. The number of imidazole rings is 1. The molecular weight excluding hydrogens is 292 g/mol. The lowest BCUT2D eigenvalue weighted by atomic mass is 10.1. The predicted molar refractivity (Wildman–Crippen MR) is 94.6 cm³/mol. The average Bonchev–Trinajstić information content (AvgIpc) is 3.18. The molecule has 116 valence electrons. The Bertz CT molecular complexity index is 664. The minimum atomic E-state index is -1.35. The van der Waals surface area contributed by atoms with Gasteiger partial charge < -0.3 is 5.11 Å². The van der Waals surface area contributed by atoms with E-state index in [1.54, 1.807) is 0 Å². The zero-order valence-electron chi connectivity index (χ0n) is 12.8. The molecule has 1 aliphatic rings. The third-order valence-electron chi connectivity index (χ3n) is 3.88. The monoisotopic (exact) mass is 314 g/mol. The van der Waals surface area contributed by atoms with Crippen molar-refractivity contribution in [2.45, 2.75) is 25.9 Å². The van der Waals surface area contributed by atoms with E-state index in [1.165, 1.54) is 11.1 Å². The first-order valence-corrected chi connectivity index (χ1v) is 9.55. The van der Waals surface area contributed by atoms with Gasteiger partial charge in [-0.25, -0.2) is 4.98 Å². The number of aliphatic hydroxyl groups excluding tert-OH is 1. The molecule has 0 saturated heterocycles. The maximum atomic E-state index is 10.4. The predicted octanol–water partition coefficient (Wildman–Crippen LogP) is 4.18. The third kappa shape index (κ3) is 3.03. The molecule has 0 aliphatic carbocycles. The van der Waals surface area contributed by atoms with Crippen molar-refractivity contribution in [1.29, 1.82) is 0 Å². The Hall–Kier alpha value is -1.78. The molecule has 0 radical (unpaired) electrons. The van der Waals surface area contributed by atoms with E-state index in [9.17, 15) is 5.11 Å². The Morgan fingerprint density at radius 3 is 2.77 bits per heavy atom. The van der Waals surface area contributed by atoms with Crippen LogP contribution < -0.4 is 0 Å². The summed E-state index contributed by atoms with van der Waals surface area (Å²) in [6.45, 7) is 2.11. The molecule has 2 unspecified atom stereocenters. The van der Waals surface area contributed by atoms with E-state index in [4.69, 9.17) is 0 Å². The molecule has 2 atom stereocenters. The smallest absolute Gasteiger partial charge is 0.104 e. The van der Waals surface area contributed by atoms with Gasteiger partial charge in [0.25, 0.3) is 0 Å². The second-order valence-electron chi connectivity index (χ2n) is 5.58. The molecule has 3 nitrogen and oxygen atoms in total. The molecule has 0 spiro atoms. The highest BCUT2D eigenvalue weighted by atomic mass is 32.3. The second kappa shape index (κ2) is 6.55. The summed E-state index contributed by atoms with van der Waals surface area (Å²) < 4.78 is 2.16. The lowest BCUT2D eigenvalue weighted by Crippen LogP contribution is -2.19. The Morgan fingerprint density at radius 1 is 1.27 bits per heavy atom. The van der Waals surface area contributed by atoms with Gasteiger partial charge in [0.1, 0.15) is 6.33 Å². The number of hydrogen-bond donors (Lipinski definition) is 1. The van der Waals surface area contributed by atoms with Crippen LogP contribution >= 0.6 is 10.2 Å². The van der Waals surface area contributed by atoms with Crippen molar-refractivity contribution in [2.75, 3.05) is 5.75 Å². The first-order valence-electron chi connectivity index (χ1n) is 7.66. The van der Waals surface area contributed by atoms with Crippen molar-refractivity contribution in [3.8, 4) is 0 Å². The molecule has 0 bridgehead atoms. The summed E-state index contributed by atoms with van der Waals surface area (Å²) in [7, 11) is -1.35. The van der Waals surface area contributed by atoms with Crippen LogP contribution in [0.3, 0.4) is 0 Å². The van der Waals surface area contributed by atoms with Crippen LogP contribution in [0.5, 0.6) is 0 Å². The fourth-order valence-electron chi connectivity index (χ4n) is 2.78. The lowest BCUT2D eigenvalue weighted by molar-refractivity contribution is 0.187. The number of nitrogens with zero attached hydrogens (tertiary/aromatic N) is 2. The Balaban J connectivity index is 1.95. The van der Waals surface area contributed by atoms with Gasteiger partial charge in [-0.3, -0.25) is 3.97 Å². The summed E-state index contributed by atoms with van der Waals surface area (Å²) in [6, 6.07) is 10.4. The molecule has 0 saturated carbocycles. The molecule has 3 rings (SSSR count). The summed E-state index contributed by atoms with van der Waals surface area (Å²) >= 11 is 0. The van der Waals surface area contributed by atoms with E-state index >= 15 is 0 Å². The van der Waals surface area contributed by atoms with E-state index in [2.05, 4.69) is 57.0 Å². The van der Waals surface area contributed by atoms with Crippen molar-refractivity contribution in [3.63, 3.8) is 0 Å². The van der Waals surface area contributed by atoms with Crippen molar-refractivity contribution < 1.29 is 5.11 Å². The van der Waals surface area contributed by atoms with Gasteiger partial charge in [-0.15, -0.1) is 10.2 Å². The first kappa shape index (κ1) is 15.1. The lowest BCUT2D eigenvalue weighted by Gasteiger charge is -2.35. The summed E-state index contributed by atoms with van der Waals surface area (Å²) in [6.07, 6.45) is 9.42. The van der Waals surface area contributed by atoms with Crippen LogP contribution in [-0.2, 0) is 0 Å². The molecule has 1 N–H and O–H groups in total. The zero-order chi connectivity index (χ0) is 15.4. The molecule has 2 heterocycles. The van der Waals surface area contributed by atoms with Gasteiger partial charge in [-0.1, -0.05) is 43.7 Å². The van der Waals surface area contributed by atoms with Crippen LogP contribution in [0.2, 0.25) is 0 Å². The van der Waals surface area contributed by atoms with Gasteiger partial charge in [-0.2, -0.15) is 0 Å². The van der Waals surface area contributed by atoms with Crippen molar-refractivity contribution >= 4 is 15.8 Å². The largest absolute Gasteiger partial charge is 0.392 e. The summed E-state index contributed by atoms with van der Waals surface area (Å²) in [5.41, 5.74) is 2.45. The fraction of sp³-hybridized carbons (Fsp3) is 0.278. The topological polar surface area (TPSA) is 38.0 Å². The SMILES string of the molecule is CCCC(O)CS1(n2ccnc2)C=CC(c2ccccc2)=C1. The summed E-state index contributed by atoms with van der Waals surface area (Å²) in [4.78, 5) is 4.20. The summed E-state index contributed by atoms with van der Waals surface area (Å²) in [5.74, 6) is 0.754. The van der Waals surface area contributed by atoms with Gasteiger partial charge in [0.2, 0.25) is 0 Å². The van der Waals surface area contributed by atoms with Gasteiger partial charge in [0, 0.05) is 18.1 Å². The molecule has 1 aromatic heterocycles. The van der Waals surface area contributed by atoms with Crippen molar-refractivity contribution in [3.05, 3.63) is 71.5 Å². The number of benzene rings is 1. The van der Waals surface area contributed by atoms with Gasteiger partial charge in [0.15, 0.2) is 0 Å². The molecule has 22 heavy (non-hydrogen) atoms. The van der Waals surface area contributed by atoms with Crippen molar-refractivity contribution in [1.82, 2.24) is 8.96 Å². The van der Waals surface area contributed by atoms with E-state index in [0.717, 1.165) is 18.6 Å². The van der Waals surface area contributed by atoms with E-state index in [1.807, 2.05) is 24.8 Å². The van der Waals surface area contributed by atoms with Crippen molar-refractivity contribution in [2.24, 2.45) is 0 Å². The normalized spacial score (nSPS) is 24.7. The maximum Gasteiger partial charge on any atom is 0.104 e. The first-order chi connectivity index (χ1) is 10.7. The zero-order valence-corrected chi connectivity index (χ0v) is 13.6. The van der Waals surface area contributed by atoms with Gasteiger partial charge in [0.05, 0.1) is 6.10 Å².